The molecule has 14 heavy (non-hydrogen) atoms. The third kappa shape index (κ3) is 3.05. The topological polar surface area (TPSA) is 0 Å². The fraction of sp³-hybridized carbons (Fsp3) is 0.500. The maximum Gasteiger partial charge on any atom is -0.00601 e. The summed E-state index contributed by atoms with van der Waals surface area (Å²) in [4.78, 5) is 0. The lowest BCUT2D eigenvalue weighted by Gasteiger charge is -1.97. The highest BCUT2D eigenvalue weighted by Crippen LogP contribution is 2.17. The van der Waals surface area contributed by atoms with Crippen molar-refractivity contribution in [3.05, 3.63) is 40.7 Å². The first-order valence-corrected chi connectivity index (χ1v) is 5.61. The van der Waals surface area contributed by atoms with Gasteiger partial charge in [-0.15, -0.1) is 5.73 Å². The van der Waals surface area contributed by atoms with Crippen LogP contribution in [0, 0.1) is 0 Å². The quantitative estimate of drug-likeness (QED) is 0.567. The third-order valence-electron chi connectivity index (χ3n) is 2.65. The van der Waals surface area contributed by atoms with Crippen molar-refractivity contribution in [2.75, 3.05) is 0 Å². The third-order valence-corrected chi connectivity index (χ3v) is 2.65. The Morgan fingerprint density at radius 2 is 2.00 bits per heavy atom. The molecule has 0 saturated carbocycles. The van der Waals surface area contributed by atoms with Crippen LogP contribution in [0.15, 0.2) is 40.7 Å². The lowest BCUT2D eigenvalue weighted by molar-refractivity contribution is 0.799. The second-order valence-electron chi connectivity index (χ2n) is 3.81. The molecule has 0 fully saturated rings. The van der Waals surface area contributed by atoms with Gasteiger partial charge in [0.05, 0.1) is 0 Å². The van der Waals surface area contributed by atoms with Crippen LogP contribution in [0.3, 0.4) is 0 Å². The van der Waals surface area contributed by atoms with Gasteiger partial charge in [0.1, 0.15) is 0 Å². The Morgan fingerprint density at radius 3 is 2.64 bits per heavy atom. The Morgan fingerprint density at radius 1 is 1.21 bits per heavy atom. The van der Waals surface area contributed by atoms with E-state index in [1.807, 2.05) is 0 Å². The molecule has 0 bridgehead atoms. The number of allylic oxidation sites excluding steroid dienone is 5. The maximum atomic E-state index is 3.39. The average Bonchev–Trinajstić information content (AvgIpc) is 2.37. The van der Waals surface area contributed by atoms with Crippen molar-refractivity contribution in [1.29, 1.82) is 0 Å². The highest BCUT2D eigenvalue weighted by atomic mass is 14.0. The molecular formula is C14H20. The zero-order valence-electron chi connectivity index (χ0n) is 9.56. The highest BCUT2D eigenvalue weighted by molar-refractivity contribution is 5.38. The van der Waals surface area contributed by atoms with Crippen LogP contribution in [0.4, 0.5) is 0 Å². The monoisotopic (exact) mass is 188 g/mol. The first-order chi connectivity index (χ1) is 6.77. The van der Waals surface area contributed by atoms with Crippen LogP contribution in [0.25, 0.3) is 0 Å². The predicted molar refractivity (Wildman–Crippen MR) is 63.3 cm³/mol. The molecule has 0 aliphatic heterocycles. The fourth-order valence-electron chi connectivity index (χ4n) is 1.58. The number of rotatable bonds is 4. The van der Waals surface area contributed by atoms with Crippen molar-refractivity contribution in [1.82, 2.24) is 0 Å². The van der Waals surface area contributed by atoms with E-state index in [1.54, 1.807) is 0 Å². The van der Waals surface area contributed by atoms with Crippen LogP contribution in [-0.2, 0) is 0 Å². The van der Waals surface area contributed by atoms with E-state index in [9.17, 15) is 0 Å². The molecule has 0 heterocycles. The van der Waals surface area contributed by atoms with Crippen molar-refractivity contribution in [3.8, 4) is 0 Å². The minimum atomic E-state index is 1.10. The molecule has 0 unspecified atom stereocenters. The predicted octanol–water partition coefficient (Wildman–Crippen LogP) is 4.55. The van der Waals surface area contributed by atoms with Crippen molar-refractivity contribution in [2.45, 2.75) is 46.5 Å². The summed E-state index contributed by atoms with van der Waals surface area (Å²) in [5.74, 6) is 0. The molecular weight excluding hydrogens is 168 g/mol. The Kier molecular flexibility index (Phi) is 4.49. The Hall–Kier alpha value is -1.00. The zero-order chi connectivity index (χ0) is 10.4. The smallest absolute Gasteiger partial charge is 0.00601 e. The molecule has 1 aliphatic rings. The minimum Gasteiger partial charge on any atom is -0.117 e. The zero-order valence-corrected chi connectivity index (χ0v) is 9.56. The van der Waals surface area contributed by atoms with Crippen molar-refractivity contribution < 1.29 is 0 Å². The standard InChI is InChI=1S/C14H20/c1-4-6-7-13-9-8-12(3)14(5-2)11-10-13/h8-9,11H,4-7H2,1-3H3. The molecule has 1 aliphatic carbocycles. The fourth-order valence-corrected chi connectivity index (χ4v) is 1.58. The first-order valence-electron chi connectivity index (χ1n) is 5.61. The molecule has 0 nitrogen and oxygen atoms in total. The number of hydrogen-bond donors (Lipinski definition) is 0. The van der Waals surface area contributed by atoms with E-state index < -0.39 is 0 Å². The Labute approximate surface area is 87.7 Å². The first kappa shape index (κ1) is 11.1. The van der Waals surface area contributed by atoms with E-state index in [4.69, 9.17) is 0 Å². The van der Waals surface area contributed by atoms with Crippen LogP contribution in [0.1, 0.15) is 46.5 Å². The van der Waals surface area contributed by atoms with Crippen molar-refractivity contribution >= 4 is 0 Å². The van der Waals surface area contributed by atoms with Crippen molar-refractivity contribution in [2.24, 2.45) is 0 Å². The molecule has 0 saturated heterocycles. The summed E-state index contributed by atoms with van der Waals surface area (Å²) >= 11 is 0. The van der Waals surface area contributed by atoms with Crippen LogP contribution in [0.2, 0.25) is 0 Å². The van der Waals surface area contributed by atoms with Gasteiger partial charge in [0.25, 0.3) is 0 Å². The van der Waals surface area contributed by atoms with Gasteiger partial charge in [0, 0.05) is 0 Å². The SMILES string of the molecule is CCCCC1=C=CC(CC)=C(C)C=C1. The Balaban J connectivity index is 2.77. The molecule has 0 aromatic rings. The molecule has 0 heteroatoms. The molecule has 0 N–H and O–H groups in total. The molecule has 0 spiro atoms. The van der Waals surface area contributed by atoms with Gasteiger partial charge in [-0.1, -0.05) is 32.4 Å². The Bertz CT molecular complexity index is 307. The molecule has 0 radical (unpaired) electrons. The van der Waals surface area contributed by atoms with Gasteiger partial charge in [0.15, 0.2) is 0 Å². The molecule has 0 aromatic carbocycles. The van der Waals surface area contributed by atoms with Gasteiger partial charge in [0.2, 0.25) is 0 Å². The largest absolute Gasteiger partial charge is 0.117 e. The normalized spacial score (nSPS) is 15.8. The summed E-state index contributed by atoms with van der Waals surface area (Å²) < 4.78 is 0. The van der Waals surface area contributed by atoms with Gasteiger partial charge in [-0.3, -0.25) is 0 Å². The highest BCUT2D eigenvalue weighted by Gasteiger charge is 1.98. The van der Waals surface area contributed by atoms with E-state index in [0.29, 0.717) is 0 Å². The molecule has 1 rings (SSSR count). The summed E-state index contributed by atoms with van der Waals surface area (Å²) in [7, 11) is 0. The number of unbranched alkanes of at least 4 members (excludes halogenated alkanes) is 1. The van der Waals surface area contributed by atoms with Crippen LogP contribution < -0.4 is 0 Å². The second-order valence-corrected chi connectivity index (χ2v) is 3.81. The van der Waals surface area contributed by atoms with E-state index in [2.05, 4.69) is 44.7 Å². The summed E-state index contributed by atoms with van der Waals surface area (Å²) in [6, 6.07) is 0. The molecule has 0 atom stereocenters. The summed E-state index contributed by atoms with van der Waals surface area (Å²) in [5, 5.41) is 0. The lowest BCUT2D eigenvalue weighted by Crippen LogP contribution is -1.78. The average molecular weight is 188 g/mol. The van der Waals surface area contributed by atoms with Gasteiger partial charge in [-0.25, -0.2) is 0 Å². The second kappa shape index (κ2) is 5.67. The lowest BCUT2D eigenvalue weighted by atomic mass is 10.1. The van der Waals surface area contributed by atoms with E-state index in [0.717, 1.165) is 12.8 Å². The van der Waals surface area contributed by atoms with E-state index in [-0.39, 0.29) is 0 Å². The molecule has 76 valence electrons. The van der Waals surface area contributed by atoms with Crippen molar-refractivity contribution in [3.63, 3.8) is 0 Å². The van der Waals surface area contributed by atoms with Crippen LogP contribution in [-0.4, -0.2) is 0 Å². The van der Waals surface area contributed by atoms with Crippen LogP contribution in [0.5, 0.6) is 0 Å². The summed E-state index contributed by atoms with van der Waals surface area (Å²) in [5.41, 5.74) is 7.53. The molecule has 0 amide bonds. The van der Waals surface area contributed by atoms with E-state index >= 15 is 0 Å². The number of hydrogen-bond acceptors (Lipinski definition) is 0. The van der Waals surface area contributed by atoms with Gasteiger partial charge in [-0.2, -0.15) is 0 Å². The van der Waals surface area contributed by atoms with Crippen LogP contribution >= 0.6 is 0 Å². The minimum absolute atomic E-state index is 1.10. The summed E-state index contributed by atoms with van der Waals surface area (Å²) in [6.07, 6.45) is 11.4. The summed E-state index contributed by atoms with van der Waals surface area (Å²) in [6.45, 7) is 6.60. The van der Waals surface area contributed by atoms with Gasteiger partial charge >= 0.3 is 0 Å². The molecule has 0 aromatic heterocycles. The van der Waals surface area contributed by atoms with Gasteiger partial charge in [-0.05, 0) is 49.0 Å². The maximum absolute atomic E-state index is 3.39. The van der Waals surface area contributed by atoms with E-state index in [1.165, 1.54) is 29.6 Å². The van der Waals surface area contributed by atoms with Gasteiger partial charge < -0.3 is 0 Å².